The minimum Gasteiger partial charge on any atom is -0.397 e. The number of carbonyl (C=O) groups is 1. The lowest BCUT2D eigenvalue weighted by Gasteiger charge is -2.14. The molecule has 21 heavy (non-hydrogen) atoms. The summed E-state index contributed by atoms with van der Waals surface area (Å²) in [6, 6.07) is 9.05. The van der Waals surface area contributed by atoms with Crippen molar-refractivity contribution < 1.29 is 18.0 Å². The summed E-state index contributed by atoms with van der Waals surface area (Å²) in [6.45, 7) is 0. The smallest absolute Gasteiger partial charge is 0.397 e. The number of carbonyl (C=O) groups excluding carboxylic acids is 1. The highest BCUT2D eigenvalue weighted by Gasteiger charge is 2.33. The highest BCUT2D eigenvalue weighted by molar-refractivity contribution is 6.34. The number of hydrogen-bond acceptors (Lipinski definition) is 2. The number of alkyl halides is 3. The standard InChI is InChI=1S/C14H10ClF3N2O/c15-10-6-3-4-8(12(10)19)13(21)20-11-7-2-1-5-9(11)14(16,17)18/h1-7H,19H2,(H,20,21). The number of halogens is 4. The van der Waals surface area contributed by atoms with Crippen LogP contribution in [-0.2, 0) is 6.18 Å². The van der Waals surface area contributed by atoms with E-state index in [9.17, 15) is 18.0 Å². The van der Waals surface area contributed by atoms with Gasteiger partial charge in [-0.3, -0.25) is 4.79 Å². The number of nitrogen functional groups attached to an aromatic ring is 1. The zero-order valence-electron chi connectivity index (χ0n) is 10.5. The van der Waals surface area contributed by atoms with Crippen molar-refractivity contribution in [1.82, 2.24) is 0 Å². The molecule has 0 heterocycles. The van der Waals surface area contributed by atoms with Crippen LogP contribution in [0.15, 0.2) is 42.5 Å². The normalized spacial score (nSPS) is 11.2. The molecule has 2 aromatic carbocycles. The molecule has 0 aliphatic heterocycles. The number of benzene rings is 2. The molecule has 0 fully saturated rings. The van der Waals surface area contributed by atoms with Crippen molar-refractivity contribution in [3.63, 3.8) is 0 Å². The monoisotopic (exact) mass is 314 g/mol. The fourth-order valence-electron chi connectivity index (χ4n) is 1.76. The third-order valence-corrected chi connectivity index (χ3v) is 3.11. The Morgan fingerprint density at radius 1 is 1.10 bits per heavy atom. The van der Waals surface area contributed by atoms with E-state index in [0.717, 1.165) is 6.07 Å². The van der Waals surface area contributed by atoms with E-state index in [0.29, 0.717) is 0 Å². The summed E-state index contributed by atoms with van der Waals surface area (Å²) < 4.78 is 38.5. The van der Waals surface area contributed by atoms with Gasteiger partial charge < -0.3 is 11.1 Å². The van der Waals surface area contributed by atoms with Crippen molar-refractivity contribution in [1.29, 1.82) is 0 Å². The maximum atomic E-state index is 12.8. The van der Waals surface area contributed by atoms with Gasteiger partial charge in [0.15, 0.2) is 0 Å². The van der Waals surface area contributed by atoms with E-state index < -0.39 is 17.6 Å². The number of rotatable bonds is 2. The maximum absolute atomic E-state index is 12.8. The van der Waals surface area contributed by atoms with Gasteiger partial charge in [0.25, 0.3) is 5.91 Å². The minimum atomic E-state index is -4.57. The summed E-state index contributed by atoms with van der Waals surface area (Å²) in [7, 11) is 0. The van der Waals surface area contributed by atoms with E-state index in [-0.39, 0.29) is 22.0 Å². The van der Waals surface area contributed by atoms with Gasteiger partial charge in [-0.25, -0.2) is 0 Å². The molecule has 2 aromatic rings. The summed E-state index contributed by atoms with van der Waals surface area (Å²) in [5.41, 5.74) is 4.40. The van der Waals surface area contributed by atoms with Crippen LogP contribution >= 0.6 is 11.6 Å². The van der Waals surface area contributed by atoms with Gasteiger partial charge in [-0.2, -0.15) is 13.2 Å². The average molecular weight is 315 g/mol. The predicted molar refractivity (Wildman–Crippen MR) is 75.3 cm³/mol. The Bertz CT molecular complexity index is 686. The highest BCUT2D eigenvalue weighted by atomic mass is 35.5. The van der Waals surface area contributed by atoms with E-state index in [1.54, 1.807) is 0 Å². The third kappa shape index (κ3) is 3.28. The lowest BCUT2D eigenvalue weighted by molar-refractivity contribution is -0.136. The second-order valence-corrected chi connectivity index (χ2v) is 4.61. The molecule has 3 nitrogen and oxygen atoms in total. The largest absolute Gasteiger partial charge is 0.418 e. The second-order valence-electron chi connectivity index (χ2n) is 4.20. The molecule has 3 N–H and O–H groups in total. The number of nitrogens with one attached hydrogen (secondary N) is 1. The van der Waals surface area contributed by atoms with Crippen LogP contribution in [-0.4, -0.2) is 5.91 Å². The van der Waals surface area contributed by atoms with Crippen LogP contribution in [0.2, 0.25) is 5.02 Å². The predicted octanol–water partition coefficient (Wildman–Crippen LogP) is 4.19. The second kappa shape index (κ2) is 5.65. The van der Waals surface area contributed by atoms with Gasteiger partial charge in [0.2, 0.25) is 0 Å². The Kier molecular flexibility index (Phi) is 4.09. The summed E-state index contributed by atoms with van der Waals surface area (Å²) >= 11 is 5.78. The Labute approximate surface area is 123 Å². The van der Waals surface area contributed by atoms with Crippen molar-refractivity contribution >= 4 is 28.9 Å². The molecule has 7 heteroatoms. The molecular formula is C14H10ClF3N2O. The lowest BCUT2D eigenvalue weighted by Crippen LogP contribution is -2.17. The Balaban J connectivity index is 2.35. The van der Waals surface area contributed by atoms with Crippen LogP contribution in [0.3, 0.4) is 0 Å². The molecule has 0 atom stereocenters. The quantitative estimate of drug-likeness (QED) is 0.816. The highest BCUT2D eigenvalue weighted by Crippen LogP contribution is 2.35. The molecule has 0 saturated heterocycles. The molecule has 0 aromatic heterocycles. The molecule has 0 unspecified atom stereocenters. The van der Waals surface area contributed by atoms with Gasteiger partial charge in [-0.1, -0.05) is 29.8 Å². The number of hydrogen-bond donors (Lipinski definition) is 2. The molecule has 0 aliphatic carbocycles. The fourth-order valence-corrected chi connectivity index (χ4v) is 1.94. The van der Waals surface area contributed by atoms with Crippen LogP contribution in [0.4, 0.5) is 24.5 Å². The Morgan fingerprint density at radius 2 is 1.76 bits per heavy atom. The summed E-state index contributed by atoms with van der Waals surface area (Å²) in [6.07, 6.45) is -4.57. The zero-order chi connectivity index (χ0) is 15.6. The summed E-state index contributed by atoms with van der Waals surface area (Å²) in [4.78, 5) is 12.0. The van der Waals surface area contributed by atoms with Crippen LogP contribution in [0.5, 0.6) is 0 Å². The van der Waals surface area contributed by atoms with Gasteiger partial charge in [0.05, 0.1) is 27.5 Å². The molecule has 0 aliphatic rings. The van der Waals surface area contributed by atoms with Crippen molar-refractivity contribution in [3.8, 4) is 0 Å². The molecule has 0 bridgehead atoms. The van der Waals surface area contributed by atoms with E-state index in [2.05, 4.69) is 5.32 Å². The van der Waals surface area contributed by atoms with Crippen molar-refractivity contribution in [2.75, 3.05) is 11.1 Å². The summed E-state index contributed by atoms with van der Waals surface area (Å²) in [5.74, 6) is -0.758. The van der Waals surface area contributed by atoms with Gasteiger partial charge in [-0.15, -0.1) is 0 Å². The van der Waals surface area contributed by atoms with Gasteiger partial charge in [0, 0.05) is 0 Å². The number of amides is 1. The SMILES string of the molecule is Nc1c(Cl)cccc1C(=O)Nc1ccccc1C(F)(F)F. The van der Waals surface area contributed by atoms with Gasteiger partial charge in [-0.05, 0) is 24.3 Å². The van der Waals surface area contributed by atoms with Crippen molar-refractivity contribution in [3.05, 3.63) is 58.6 Å². The van der Waals surface area contributed by atoms with Crippen molar-refractivity contribution in [2.45, 2.75) is 6.18 Å². The van der Waals surface area contributed by atoms with Crippen LogP contribution in [0.25, 0.3) is 0 Å². The topological polar surface area (TPSA) is 55.1 Å². The third-order valence-electron chi connectivity index (χ3n) is 2.78. The fraction of sp³-hybridized carbons (Fsp3) is 0.0714. The first-order valence-electron chi connectivity index (χ1n) is 5.82. The molecular weight excluding hydrogens is 305 g/mol. The number of nitrogens with two attached hydrogens (primary N) is 1. The van der Waals surface area contributed by atoms with E-state index in [1.807, 2.05) is 0 Å². The number of para-hydroxylation sites is 2. The van der Waals surface area contributed by atoms with E-state index in [1.165, 1.54) is 36.4 Å². The summed E-state index contributed by atoms with van der Waals surface area (Å²) in [5, 5.41) is 2.36. The van der Waals surface area contributed by atoms with Crippen molar-refractivity contribution in [2.24, 2.45) is 0 Å². The van der Waals surface area contributed by atoms with Crippen LogP contribution < -0.4 is 11.1 Å². The van der Waals surface area contributed by atoms with Crippen LogP contribution in [0, 0.1) is 0 Å². The maximum Gasteiger partial charge on any atom is 0.418 e. The van der Waals surface area contributed by atoms with Crippen LogP contribution in [0.1, 0.15) is 15.9 Å². The average Bonchev–Trinajstić information content (AvgIpc) is 2.41. The Morgan fingerprint density at radius 3 is 2.43 bits per heavy atom. The molecule has 110 valence electrons. The first-order valence-corrected chi connectivity index (χ1v) is 6.20. The number of anilines is 2. The first-order chi connectivity index (χ1) is 9.80. The van der Waals surface area contributed by atoms with Gasteiger partial charge in [0.1, 0.15) is 0 Å². The molecule has 1 amide bonds. The molecule has 0 spiro atoms. The lowest BCUT2D eigenvalue weighted by atomic mass is 10.1. The first kappa shape index (κ1) is 15.2. The molecule has 2 rings (SSSR count). The Hall–Kier alpha value is -2.21. The molecule has 0 saturated carbocycles. The molecule has 0 radical (unpaired) electrons. The zero-order valence-corrected chi connectivity index (χ0v) is 11.3. The van der Waals surface area contributed by atoms with E-state index >= 15 is 0 Å². The van der Waals surface area contributed by atoms with Gasteiger partial charge >= 0.3 is 6.18 Å². The minimum absolute atomic E-state index is 0.0134. The van der Waals surface area contributed by atoms with E-state index in [4.69, 9.17) is 17.3 Å².